The molecule has 0 atom stereocenters. The van der Waals surface area contributed by atoms with E-state index in [2.05, 4.69) is 16.5 Å². The molecule has 2 rings (SSSR count). The molecule has 8 heteroatoms. The smallest absolute Gasteiger partial charge is 0.342 e. The molecule has 0 saturated heterocycles. The Labute approximate surface area is 149 Å². The van der Waals surface area contributed by atoms with Crippen molar-refractivity contribution in [1.82, 2.24) is 9.97 Å². The Kier molecular flexibility index (Phi) is 6.24. The van der Waals surface area contributed by atoms with Crippen LogP contribution in [0, 0.1) is 17.0 Å². The number of benzene rings is 1. The van der Waals surface area contributed by atoms with Crippen molar-refractivity contribution in [2.75, 3.05) is 12.4 Å². The van der Waals surface area contributed by atoms with Crippen LogP contribution in [0.3, 0.4) is 0 Å². The van der Waals surface area contributed by atoms with Gasteiger partial charge < -0.3 is 4.74 Å². The number of aryl methyl sites for hydroxylation is 1. The van der Waals surface area contributed by atoms with Crippen LogP contribution >= 0.6 is 11.8 Å². The lowest BCUT2D eigenvalue weighted by molar-refractivity contribution is -0.384. The van der Waals surface area contributed by atoms with Gasteiger partial charge in [0.05, 0.1) is 22.9 Å². The molecule has 130 valence electrons. The van der Waals surface area contributed by atoms with Gasteiger partial charge in [-0.05, 0) is 13.8 Å². The zero-order valence-electron chi connectivity index (χ0n) is 13.9. The van der Waals surface area contributed by atoms with E-state index in [1.54, 1.807) is 32.1 Å². The molecule has 0 aliphatic heterocycles. The van der Waals surface area contributed by atoms with Crippen LogP contribution in [0.15, 0.2) is 42.1 Å². The minimum absolute atomic E-state index is 0.0798. The summed E-state index contributed by atoms with van der Waals surface area (Å²) >= 11 is 1.36. The van der Waals surface area contributed by atoms with E-state index >= 15 is 0 Å². The number of nitro groups is 1. The summed E-state index contributed by atoms with van der Waals surface area (Å²) in [4.78, 5) is 31.7. The van der Waals surface area contributed by atoms with Crippen LogP contribution in [0.2, 0.25) is 0 Å². The lowest BCUT2D eigenvalue weighted by Gasteiger charge is -2.12. The predicted octanol–water partition coefficient (Wildman–Crippen LogP) is 3.82. The van der Waals surface area contributed by atoms with E-state index in [0.29, 0.717) is 27.9 Å². The molecule has 25 heavy (non-hydrogen) atoms. The van der Waals surface area contributed by atoms with Crippen LogP contribution < -0.4 is 0 Å². The van der Waals surface area contributed by atoms with Gasteiger partial charge in [0.15, 0.2) is 5.16 Å². The number of non-ortho nitro benzene ring substituents is 1. The number of carbonyl (C=O) groups excluding carboxylic acids is 1. The van der Waals surface area contributed by atoms with E-state index in [1.807, 2.05) is 0 Å². The Morgan fingerprint density at radius 2 is 2.20 bits per heavy atom. The van der Waals surface area contributed by atoms with Crippen molar-refractivity contribution in [3.05, 3.63) is 58.3 Å². The molecule has 0 amide bonds. The quantitative estimate of drug-likeness (QED) is 0.185. The fraction of sp³-hybridized carbons (Fsp3) is 0.235. The van der Waals surface area contributed by atoms with Crippen molar-refractivity contribution in [2.24, 2.45) is 0 Å². The third kappa shape index (κ3) is 4.42. The van der Waals surface area contributed by atoms with Gasteiger partial charge in [0.2, 0.25) is 0 Å². The van der Waals surface area contributed by atoms with Crippen LogP contribution in [0.4, 0.5) is 5.69 Å². The first-order valence-electron chi connectivity index (χ1n) is 7.52. The third-order valence-electron chi connectivity index (χ3n) is 3.21. The second-order valence-electron chi connectivity index (χ2n) is 4.94. The number of carbonyl (C=O) groups is 1. The van der Waals surface area contributed by atoms with Crippen LogP contribution in [-0.2, 0) is 4.74 Å². The van der Waals surface area contributed by atoms with Crippen LogP contribution in [0.25, 0.3) is 11.3 Å². The molecule has 0 aliphatic rings. The maximum absolute atomic E-state index is 12.3. The van der Waals surface area contributed by atoms with Gasteiger partial charge in [-0.15, -0.1) is 6.58 Å². The van der Waals surface area contributed by atoms with Gasteiger partial charge >= 0.3 is 5.97 Å². The van der Waals surface area contributed by atoms with Crippen molar-refractivity contribution in [2.45, 2.75) is 19.0 Å². The molecular weight excluding hydrogens is 342 g/mol. The number of nitrogens with zero attached hydrogens (tertiary/aromatic N) is 3. The molecule has 2 aromatic rings. The lowest BCUT2D eigenvalue weighted by atomic mass is 10.0. The lowest BCUT2D eigenvalue weighted by Crippen LogP contribution is -2.12. The molecule has 0 fully saturated rings. The van der Waals surface area contributed by atoms with Crippen LogP contribution in [-0.4, -0.2) is 33.2 Å². The SMILES string of the molecule is C=CCSc1nc(C)c(C(=O)OCC)c(-c2cccc([N+](=O)[O-])c2)n1. The maximum atomic E-state index is 12.3. The van der Waals surface area contributed by atoms with Crippen molar-refractivity contribution in [3.63, 3.8) is 0 Å². The topological polar surface area (TPSA) is 95.2 Å². The first-order chi connectivity index (χ1) is 12.0. The number of ether oxygens (including phenoxy) is 1. The molecule has 0 unspecified atom stereocenters. The predicted molar refractivity (Wildman–Crippen MR) is 95.7 cm³/mol. The van der Waals surface area contributed by atoms with E-state index < -0.39 is 10.9 Å². The second kappa shape index (κ2) is 8.39. The summed E-state index contributed by atoms with van der Waals surface area (Å²) in [6.07, 6.45) is 1.72. The molecule has 0 bridgehead atoms. The van der Waals surface area contributed by atoms with Crippen LogP contribution in [0.1, 0.15) is 23.0 Å². The summed E-state index contributed by atoms with van der Waals surface area (Å²) in [6, 6.07) is 5.98. The number of esters is 1. The molecule has 0 N–H and O–H groups in total. The Balaban J connectivity index is 2.64. The highest BCUT2D eigenvalue weighted by Gasteiger charge is 2.22. The maximum Gasteiger partial charge on any atom is 0.342 e. The van der Waals surface area contributed by atoms with Crippen LogP contribution in [0.5, 0.6) is 0 Å². The van der Waals surface area contributed by atoms with Gasteiger partial charge in [0.1, 0.15) is 5.56 Å². The number of hydrogen-bond acceptors (Lipinski definition) is 7. The average Bonchev–Trinajstić information content (AvgIpc) is 2.59. The molecule has 1 aromatic carbocycles. The molecule has 0 aliphatic carbocycles. The molecule has 1 heterocycles. The minimum atomic E-state index is -0.554. The highest BCUT2D eigenvalue weighted by Crippen LogP contribution is 2.29. The average molecular weight is 359 g/mol. The van der Waals surface area contributed by atoms with E-state index in [0.717, 1.165) is 0 Å². The van der Waals surface area contributed by atoms with Gasteiger partial charge in [-0.2, -0.15) is 0 Å². The summed E-state index contributed by atoms with van der Waals surface area (Å²) in [5.41, 5.74) is 1.38. The molecule has 0 radical (unpaired) electrons. The third-order valence-corrected chi connectivity index (χ3v) is 4.05. The van der Waals surface area contributed by atoms with Gasteiger partial charge in [-0.3, -0.25) is 10.1 Å². The number of rotatable bonds is 7. The minimum Gasteiger partial charge on any atom is -0.462 e. The summed E-state index contributed by atoms with van der Waals surface area (Å²) in [5.74, 6) is 0.0498. The fourth-order valence-corrected chi connectivity index (χ4v) is 2.79. The highest BCUT2D eigenvalue weighted by molar-refractivity contribution is 7.99. The summed E-state index contributed by atoms with van der Waals surface area (Å²) < 4.78 is 5.09. The first kappa shape index (κ1) is 18.6. The van der Waals surface area contributed by atoms with E-state index in [-0.39, 0.29) is 17.9 Å². The van der Waals surface area contributed by atoms with Crippen molar-refractivity contribution in [1.29, 1.82) is 0 Å². The number of hydrogen-bond donors (Lipinski definition) is 0. The molecule has 1 aromatic heterocycles. The number of nitro benzene ring substituents is 1. The van der Waals surface area contributed by atoms with Gasteiger partial charge in [0.25, 0.3) is 5.69 Å². The molecular formula is C17H17N3O4S. The largest absolute Gasteiger partial charge is 0.462 e. The summed E-state index contributed by atoms with van der Waals surface area (Å²) in [5, 5.41) is 11.5. The second-order valence-corrected chi connectivity index (χ2v) is 5.93. The zero-order valence-corrected chi connectivity index (χ0v) is 14.7. The Hall–Kier alpha value is -2.74. The van der Waals surface area contributed by atoms with E-state index in [9.17, 15) is 14.9 Å². The van der Waals surface area contributed by atoms with Gasteiger partial charge in [-0.1, -0.05) is 30.0 Å². The fourth-order valence-electron chi connectivity index (χ4n) is 2.17. The Bertz CT molecular complexity index is 824. The summed E-state index contributed by atoms with van der Waals surface area (Å²) in [7, 11) is 0. The van der Waals surface area contributed by atoms with E-state index in [1.165, 1.54) is 23.9 Å². The zero-order chi connectivity index (χ0) is 18.4. The standard InChI is InChI=1S/C17H17N3O4S/c1-4-9-25-17-18-11(3)14(16(21)24-5-2)15(19-17)12-7-6-8-13(10-12)20(22)23/h4,6-8,10H,1,5,9H2,2-3H3. The van der Waals surface area contributed by atoms with Gasteiger partial charge in [0, 0.05) is 23.4 Å². The monoisotopic (exact) mass is 359 g/mol. The van der Waals surface area contributed by atoms with Crippen molar-refractivity contribution >= 4 is 23.4 Å². The summed E-state index contributed by atoms with van der Waals surface area (Å²) in [6.45, 7) is 7.25. The Morgan fingerprint density at radius 3 is 2.84 bits per heavy atom. The number of thioether (sulfide) groups is 1. The first-order valence-corrected chi connectivity index (χ1v) is 8.50. The highest BCUT2D eigenvalue weighted by atomic mass is 32.2. The normalized spacial score (nSPS) is 10.3. The Morgan fingerprint density at radius 1 is 1.44 bits per heavy atom. The molecule has 0 saturated carbocycles. The molecule has 7 nitrogen and oxygen atoms in total. The van der Waals surface area contributed by atoms with Gasteiger partial charge in [-0.25, -0.2) is 14.8 Å². The number of aromatic nitrogens is 2. The van der Waals surface area contributed by atoms with Crippen molar-refractivity contribution in [3.8, 4) is 11.3 Å². The van der Waals surface area contributed by atoms with E-state index in [4.69, 9.17) is 4.74 Å². The molecule has 0 spiro atoms. The van der Waals surface area contributed by atoms with Crippen molar-refractivity contribution < 1.29 is 14.5 Å².